The van der Waals surface area contributed by atoms with Gasteiger partial charge in [0.15, 0.2) is 0 Å². The molecule has 2 N–H and O–H groups in total. The van der Waals surface area contributed by atoms with Gasteiger partial charge in [0.1, 0.15) is 0 Å². The van der Waals surface area contributed by atoms with Crippen LogP contribution in [0.1, 0.15) is 27.4 Å². The molecular weight excluding hydrogens is 362 g/mol. The molecule has 2 atom stereocenters. The van der Waals surface area contributed by atoms with Crippen LogP contribution in [0.3, 0.4) is 0 Å². The summed E-state index contributed by atoms with van der Waals surface area (Å²) in [6, 6.07) is 14.5. The first-order valence-electron chi connectivity index (χ1n) is 8.82. The maximum Gasteiger partial charge on any atom is 0.253 e. The average Bonchev–Trinajstić information content (AvgIpc) is 3.07. The van der Waals surface area contributed by atoms with E-state index in [0.717, 1.165) is 0 Å². The fourth-order valence-electron chi connectivity index (χ4n) is 3.59. The van der Waals surface area contributed by atoms with Gasteiger partial charge in [-0.25, -0.2) is 13.6 Å². The van der Waals surface area contributed by atoms with Gasteiger partial charge in [-0.15, -0.1) is 0 Å². The zero-order chi connectivity index (χ0) is 19.8. The normalized spacial score (nSPS) is 20.3. The number of rotatable bonds is 4. The van der Waals surface area contributed by atoms with E-state index in [1.807, 2.05) is 19.0 Å². The van der Waals surface area contributed by atoms with Crippen molar-refractivity contribution in [3.8, 4) is 0 Å². The molecular formula is C20H25N3O3S. The van der Waals surface area contributed by atoms with Gasteiger partial charge in [0.25, 0.3) is 5.91 Å². The lowest BCUT2D eigenvalue weighted by atomic mass is 9.93. The second kappa shape index (κ2) is 7.42. The number of primary sulfonamides is 1. The van der Waals surface area contributed by atoms with E-state index in [1.54, 1.807) is 0 Å². The van der Waals surface area contributed by atoms with Crippen molar-refractivity contribution in [3.63, 3.8) is 0 Å². The molecule has 1 amide bonds. The predicted molar refractivity (Wildman–Crippen MR) is 105 cm³/mol. The van der Waals surface area contributed by atoms with Gasteiger partial charge >= 0.3 is 0 Å². The molecule has 7 heteroatoms. The maximum atomic E-state index is 12.9. The van der Waals surface area contributed by atoms with Gasteiger partial charge in [-0.3, -0.25) is 4.79 Å². The lowest BCUT2D eigenvalue weighted by Crippen LogP contribution is -2.35. The Kier molecular flexibility index (Phi) is 5.37. The summed E-state index contributed by atoms with van der Waals surface area (Å²) in [7, 11) is 0.293. The van der Waals surface area contributed by atoms with E-state index in [0.29, 0.717) is 18.7 Å². The summed E-state index contributed by atoms with van der Waals surface area (Å²) in [5.74, 6) is 0.130. The number of benzene rings is 2. The summed E-state index contributed by atoms with van der Waals surface area (Å²) in [5, 5.41) is 5.12. The molecule has 144 valence electrons. The van der Waals surface area contributed by atoms with E-state index in [4.69, 9.17) is 5.14 Å². The van der Waals surface area contributed by atoms with E-state index in [2.05, 4.69) is 36.1 Å². The predicted octanol–water partition coefficient (Wildman–Crippen LogP) is 1.81. The molecule has 0 saturated carbocycles. The SMILES string of the molecule is Cc1ccc(C2CN(C(=O)c3ccc(S(N)(=O)=O)cc3)CC2N(C)C)cc1. The number of nitrogens with two attached hydrogens (primary N) is 1. The van der Waals surface area contributed by atoms with Crippen LogP contribution in [-0.4, -0.2) is 57.4 Å². The highest BCUT2D eigenvalue weighted by Gasteiger charge is 2.37. The molecule has 0 radical (unpaired) electrons. The number of hydrogen-bond donors (Lipinski definition) is 1. The number of hydrogen-bond acceptors (Lipinski definition) is 4. The Labute approximate surface area is 160 Å². The first kappa shape index (κ1) is 19.5. The molecule has 2 aromatic carbocycles. The Bertz CT molecular complexity index is 922. The molecule has 1 fully saturated rings. The quantitative estimate of drug-likeness (QED) is 0.867. The highest BCUT2D eigenvalue weighted by molar-refractivity contribution is 7.89. The first-order valence-corrected chi connectivity index (χ1v) is 10.4. The molecule has 0 aliphatic carbocycles. The van der Waals surface area contributed by atoms with Crippen LogP contribution >= 0.6 is 0 Å². The number of nitrogens with zero attached hydrogens (tertiary/aromatic N) is 2. The zero-order valence-corrected chi connectivity index (χ0v) is 16.6. The fraction of sp³-hybridized carbons (Fsp3) is 0.350. The van der Waals surface area contributed by atoms with Crippen molar-refractivity contribution in [2.24, 2.45) is 5.14 Å². The number of likely N-dealkylation sites (N-methyl/N-ethyl adjacent to an activating group) is 1. The van der Waals surface area contributed by atoms with Gasteiger partial charge < -0.3 is 9.80 Å². The minimum Gasteiger partial charge on any atom is -0.336 e. The van der Waals surface area contributed by atoms with Crippen LogP contribution in [0, 0.1) is 6.92 Å². The summed E-state index contributed by atoms with van der Waals surface area (Å²) in [5.41, 5.74) is 2.89. The number of carbonyl (C=O) groups excluding carboxylic acids is 1. The second-order valence-electron chi connectivity index (χ2n) is 7.33. The van der Waals surface area contributed by atoms with Crippen molar-refractivity contribution in [1.82, 2.24) is 9.80 Å². The van der Waals surface area contributed by atoms with Crippen molar-refractivity contribution < 1.29 is 13.2 Å². The molecule has 6 nitrogen and oxygen atoms in total. The second-order valence-corrected chi connectivity index (χ2v) is 8.89. The van der Waals surface area contributed by atoms with Crippen LogP contribution in [0.2, 0.25) is 0 Å². The minimum atomic E-state index is -3.76. The van der Waals surface area contributed by atoms with Crippen molar-refractivity contribution in [2.75, 3.05) is 27.2 Å². The Morgan fingerprint density at radius 3 is 2.15 bits per heavy atom. The Balaban J connectivity index is 1.82. The van der Waals surface area contributed by atoms with Crippen LogP contribution in [-0.2, 0) is 10.0 Å². The topological polar surface area (TPSA) is 83.7 Å². The molecule has 0 spiro atoms. The average molecular weight is 388 g/mol. The van der Waals surface area contributed by atoms with E-state index >= 15 is 0 Å². The van der Waals surface area contributed by atoms with E-state index in [1.165, 1.54) is 35.4 Å². The summed E-state index contributed by atoms with van der Waals surface area (Å²) >= 11 is 0. The summed E-state index contributed by atoms with van der Waals surface area (Å²) in [6.45, 7) is 3.31. The van der Waals surface area contributed by atoms with Crippen LogP contribution in [0.4, 0.5) is 0 Å². The van der Waals surface area contributed by atoms with E-state index in [-0.39, 0.29) is 22.8 Å². The van der Waals surface area contributed by atoms with E-state index in [9.17, 15) is 13.2 Å². The van der Waals surface area contributed by atoms with Crippen LogP contribution in [0.5, 0.6) is 0 Å². The summed E-state index contributed by atoms with van der Waals surface area (Å²) in [6.07, 6.45) is 0. The number of aryl methyl sites for hydroxylation is 1. The molecule has 1 heterocycles. The van der Waals surface area contributed by atoms with E-state index < -0.39 is 10.0 Å². The summed E-state index contributed by atoms with van der Waals surface area (Å²) in [4.78, 5) is 16.9. The first-order chi connectivity index (χ1) is 12.7. The van der Waals surface area contributed by atoms with Gasteiger partial charge in [-0.1, -0.05) is 29.8 Å². The molecule has 2 aromatic rings. The van der Waals surface area contributed by atoms with Gasteiger partial charge in [0.05, 0.1) is 4.90 Å². The molecule has 0 bridgehead atoms. The smallest absolute Gasteiger partial charge is 0.253 e. The lowest BCUT2D eigenvalue weighted by Gasteiger charge is -2.25. The number of likely N-dealkylation sites (tertiary alicyclic amines) is 1. The third kappa shape index (κ3) is 4.21. The van der Waals surface area contributed by atoms with Gasteiger partial charge in [0.2, 0.25) is 10.0 Å². The molecule has 1 aliphatic heterocycles. The van der Waals surface area contributed by atoms with Crippen molar-refractivity contribution in [2.45, 2.75) is 23.8 Å². The van der Waals surface area contributed by atoms with Crippen molar-refractivity contribution >= 4 is 15.9 Å². The monoisotopic (exact) mass is 387 g/mol. The highest BCUT2D eigenvalue weighted by Crippen LogP contribution is 2.31. The fourth-order valence-corrected chi connectivity index (χ4v) is 4.10. The zero-order valence-electron chi connectivity index (χ0n) is 15.8. The highest BCUT2D eigenvalue weighted by atomic mass is 32.2. The summed E-state index contributed by atoms with van der Waals surface area (Å²) < 4.78 is 22.8. The Hall–Kier alpha value is -2.22. The lowest BCUT2D eigenvalue weighted by molar-refractivity contribution is 0.0782. The van der Waals surface area contributed by atoms with Crippen LogP contribution in [0.15, 0.2) is 53.4 Å². The van der Waals surface area contributed by atoms with Gasteiger partial charge in [0, 0.05) is 30.6 Å². The van der Waals surface area contributed by atoms with Gasteiger partial charge in [-0.2, -0.15) is 0 Å². The third-order valence-corrected chi connectivity index (χ3v) is 6.10. The molecule has 1 aliphatic rings. The third-order valence-electron chi connectivity index (χ3n) is 5.17. The number of sulfonamides is 1. The molecule has 3 rings (SSSR count). The van der Waals surface area contributed by atoms with Crippen molar-refractivity contribution in [1.29, 1.82) is 0 Å². The van der Waals surface area contributed by atoms with Crippen LogP contribution < -0.4 is 5.14 Å². The largest absolute Gasteiger partial charge is 0.336 e. The Morgan fingerprint density at radius 1 is 1.04 bits per heavy atom. The molecule has 0 aromatic heterocycles. The van der Waals surface area contributed by atoms with Crippen molar-refractivity contribution in [3.05, 3.63) is 65.2 Å². The standard InChI is InChI=1S/C20H25N3O3S/c1-14-4-6-15(7-5-14)18-12-23(13-19(18)22(2)3)20(24)16-8-10-17(11-9-16)27(21,25)26/h4-11,18-19H,12-13H2,1-3H3,(H2,21,25,26). The Morgan fingerprint density at radius 2 is 1.63 bits per heavy atom. The maximum absolute atomic E-state index is 12.9. The molecule has 1 saturated heterocycles. The number of amides is 1. The van der Waals surface area contributed by atoms with Gasteiger partial charge in [-0.05, 0) is 50.8 Å². The number of carbonyl (C=O) groups is 1. The molecule has 2 unspecified atom stereocenters. The minimum absolute atomic E-state index is 0.00386. The van der Waals surface area contributed by atoms with Crippen LogP contribution in [0.25, 0.3) is 0 Å². The molecule has 27 heavy (non-hydrogen) atoms.